The van der Waals surface area contributed by atoms with Gasteiger partial charge in [0.15, 0.2) is 0 Å². The van der Waals surface area contributed by atoms with E-state index in [1.54, 1.807) is 6.92 Å². The summed E-state index contributed by atoms with van der Waals surface area (Å²) in [4.78, 5) is 22.4. The van der Waals surface area contributed by atoms with Gasteiger partial charge in [-0.1, -0.05) is 6.07 Å². The first kappa shape index (κ1) is 15.4. The van der Waals surface area contributed by atoms with Crippen molar-refractivity contribution in [3.63, 3.8) is 0 Å². The molecule has 2 rings (SSSR count). The van der Waals surface area contributed by atoms with Gasteiger partial charge in [0.05, 0.1) is 10.6 Å². The lowest BCUT2D eigenvalue weighted by Gasteiger charge is -2.09. The van der Waals surface area contributed by atoms with Crippen LogP contribution in [0.3, 0.4) is 0 Å². The average molecular weight is 400 g/mol. The summed E-state index contributed by atoms with van der Waals surface area (Å²) in [5, 5.41) is 13.4. The van der Waals surface area contributed by atoms with Gasteiger partial charge in [-0.05, 0) is 53.3 Å². The molecule has 2 aromatic carbocycles. The molecule has 0 aliphatic carbocycles. The van der Waals surface area contributed by atoms with E-state index in [-0.39, 0.29) is 11.3 Å². The van der Waals surface area contributed by atoms with Crippen LogP contribution in [0.5, 0.6) is 0 Å². The number of amides is 1. The van der Waals surface area contributed by atoms with E-state index in [1.165, 1.54) is 36.4 Å². The second-order valence-electron chi connectivity index (χ2n) is 4.33. The Morgan fingerprint density at radius 3 is 2.62 bits per heavy atom. The summed E-state index contributed by atoms with van der Waals surface area (Å²) >= 11 is 1.90. The summed E-state index contributed by atoms with van der Waals surface area (Å²) in [6.07, 6.45) is 0. The molecule has 21 heavy (non-hydrogen) atoms. The van der Waals surface area contributed by atoms with Gasteiger partial charge in [-0.25, -0.2) is 4.39 Å². The number of non-ortho nitro benzene ring substituents is 1. The van der Waals surface area contributed by atoms with Gasteiger partial charge in [0, 0.05) is 21.3 Å². The van der Waals surface area contributed by atoms with Crippen molar-refractivity contribution in [1.82, 2.24) is 0 Å². The number of hydrogen-bond acceptors (Lipinski definition) is 3. The molecule has 0 radical (unpaired) electrons. The summed E-state index contributed by atoms with van der Waals surface area (Å²) in [7, 11) is 0. The fourth-order valence-corrected chi connectivity index (χ4v) is 2.36. The summed E-state index contributed by atoms with van der Waals surface area (Å²) in [5.41, 5.74) is 1.13. The lowest BCUT2D eigenvalue weighted by Crippen LogP contribution is -2.14. The Morgan fingerprint density at radius 1 is 1.29 bits per heavy atom. The van der Waals surface area contributed by atoms with Crippen molar-refractivity contribution < 1.29 is 14.1 Å². The molecular weight excluding hydrogens is 390 g/mol. The van der Waals surface area contributed by atoms with Crippen molar-refractivity contribution in [2.45, 2.75) is 6.92 Å². The standard InChI is InChI=1S/C14H10FIN2O3/c1-8-2-4-10(18(20)21)7-11(8)14(19)17-13-5-3-9(15)6-12(13)16/h2-7H,1H3,(H,17,19). The third-order valence-corrected chi connectivity index (χ3v) is 3.75. The zero-order valence-electron chi connectivity index (χ0n) is 10.9. The van der Waals surface area contributed by atoms with Crippen molar-refractivity contribution >= 4 is 39.9 Å². The summed E-state index contributed by atoms with van der Waals surface area (Å²) < 4.78 is 13.6. The Balaban J connectivity index is 2.32. The normalized spacial score (nSPS) is 10.2. The topological polar surface area (TPSA) is 72.2 Å². The fourth-order valence-electron chi connectivity index (χ4n) is 1.75. The number of carbonyl (C=O) groups is 1. The van der Waals surface area contributed by atoms with Gasteiger partial charge in [0.1, 0.15) is 5.82 Å². The molecule has 2 aromatic rings. The highest BCUT2D eigenvalue weighted by Crippen LogP contribution is 2.22. The van der Waals surface area contributed by atoms with Crippen molar-refractivity contribution in [3.05, 3.63) is 67.0 Å². The number of anilines is 1. The van der Waals surface area contributed by atoms with Crippen LogP contribution in [0.4, 0.5) is 15.8 Å². The number of nitro benzene ring substituents is 1. The number of benzene rings is 2. The lowest BCUT2D eigenvalue weighted by atomic mass is 10.1. The maximum absolute atomic E-state index is 13.0. The highest BCUT2D eigenvalue weighted by Gasteiger charge is 2.15. The largest absolute Gasteiger partial charge is 0.321 e. The maximum atomic E-state index is 13.0. The summed E-state index contributed by atoms with van der Waals surface area (Å²) in [6.45, 7) is 1.69. The van der Waals surface area contributed by atoms with Gasteiger partial charge >= 0.3 is 0 Å². The molecule has 0 bridgehead atoms. The second kappa shape index (κ2) is 6.17. The number of halogens is 2. The number of nitrogens with zero attached hydrogens (tertiary/aromatic N) is 1. The maximum Gasteiger partial charge on any atom is 0.270 e. The van der Waals surface area contributed by atoms with Crippen LogP contribution in [0, 0.1) is 26.4 Å². The van der Waals surface area contributed by atoms with E-state index in [2.05, 4.69) is 5.32 Å². The molecule has 0 aromatic heterocycles. The first-order valence-corrected chi connectivity index (χ1v) is 6.98. The smallest absolute Gasteiger partial charge is 0.270 e. The van der Waals surface area contributed by atoms with Crippen molar-refractivity contribution in [1.29, 1.82) is 0 Å². The van der Waals surface area contributed by atoms with E-state index < -0.39 is 16.6 Å². The van der Waals surface area contributed by atoms with Crippen molar-refractivity contribution in [3.8, 4) is 0 Å². The molecule has 1 N–H and O–H groups in total. The number of hydrogen-bond donors (Lipinski definition) is 1. The summed E-state index contributed by atoms with van der Waals surface area (Å²) in [6, 6.07) is 8.05. The third-order valence-electron chi connectivity index (χ3n) is 2.86. The van der Waals surface area contributed by atoms with Gasteiger partial charge in [-0.2, -0.15) is 0 Å². The van der Waals surface area contributed by atoms with Crippen molar-refractivity contribution in [2.24, 2.45) is 0 Å². The number of rotatable bonds is 3. The predicted molar refractivity (Wildman–Crippen MR) is 84.9 cm³/mol. The number of carbonyl (C=O) groups excluding carboxylic acids is 1. The van der Waals surface area contributed by atoms with E-state index in [1.807, 2.05) is 22.6 Å². The molecule has 0 atom stereocenters. The first-order valence-electron chi connectivity index (χ1n) is 5.90. The molecule has 1 amide bonds. The van der Waals surface area contributed by atoms with E-state index in [0.29, 0.717) is 14.8 Å². The van der Waals surface area contributed by atoms with Gasteiger partial charge in [-0.15, -0.1) is 0 Å². The van der Waals surface area contributed by atoms with Crippen molar-refractivity contribution in [2.75, 3.05) is 5.32 Å². The molecular formula is C14H10FIN2O3. The van der Waals surface area contributed by atoms with E-state index >= 15 is 0 Å². The predicted octanol–water partition coefficient (Wildman–Crippen LogP) is 3.90. The van der Waals surface area contributed by atoms with Crippen LogP contribution in [0.25, 0.3) is 0 Å². The number of nitro groups is 1. The number of aryl methyl sites for hydroxylation is 1. The van der Waals surface area contributed by atoms with Crippen LogP contribution in [0.15, 0.2) is 36.4 Å². The summed E-state index contributed by atoms with van der Waals surface area (Å²) in [5.74, 6) is -0.871. The van der Waals surface area contributed by atoms with Crippen LogP contribution >= 0.6 is 22.6 Å². The van der Waals surface area contributed by atoms with Gasteiger partial charge in [-0.3, -0.25) is 14.9 Å². The van der Waals surface area contributed by atoms with Crippen LogP contribution in [-0.2, 0) is 0 Å². The molecule has 0 aliphatic heterocycles. The van der Waals surface area contributed by atoms with Gasteiger partial charge < -0.3 is 5.32 Å². The fraction of sp³-hybridized carbons (Fsp3) is 0.0714. The Morgan fingerprint density at radius 2 is 2.00 bits per heavy atom. The molecule has 5 nitrogen and oxygen atoms in total. The minimum absolute atomic E-state index is 0.153. The second-order valence-corrected chi connectivity index (χ2v) is 5.50. The molecule has 0 saturated carbocycles. The van der Waals surface area contributed by atoms with E-state index in [9.17, 15) is 19.3 Å². The Kier molecular flexibility index (Phi) is 4.51. The zero-order chi connectivity index (χ0) is 15.6. The molecule has 108 valence electrons. The minimum Gasteiger partial charge on any atom is -0.321 e. The van der Waals surface area contributed by atoms with E-state index in [0.717, 1.165) is 0 Å². The molecule has 0 unspecified atom stereocenters. The van der Waals surface area contributed by atoms with Gasteiger partial charge in [0.2, 0.25) is 0 Å². The minimum atomic E-state index is -0.558. The highest BCUT2D eigenvalue weighted by molar-refractivity contribution is 14.1. The lowest BCUT2D eigenvalue weighted by molar-refractivity contribution is -0.384. The van der Waals surface area contributed by atoms with Crippen LogP contribution in [0.2, 0.25) is 0 Å². The molecule has 0 heterocycles. The highest BCUT2D eigenvalue weighted by atomic mass is 127. The van der Waals surface area contributed by atoms with Gasteiger partial charge in [0.25, 0.3) is 11.6 Å². The Labute approximate surface area is 133 Å². The molecule has 0 saturated heterocycles. The SMILES string of the molecule is Cc1ccc([N+](=O)[O-])cc1C(=O)Nc1ccc(F)cc1I. The van der Waals surface area contributed by atoms with Crippen LogP contribution in [0.1, 0.15) is 15.9 Å². The monoisotopic (exact) mass is 400 g/mol. The molecule has 7 heteroatoms. The molecule has 0 fully saturated rings. The third kappa shape index (κ3) is 3.54. The van der Waals surface area contributed by atoms with Crippen LogP contribution in [-0.4, -0.2) is 10.8 Å². The average Bonchev–Trinajstić information content (AvgIpc) is 2.42. The molecule has 0 spiro atoms. The quantitative estimate of drug-likeness (QED) is 0.483. The van der Waals surface area contributed by atoms with E-state index in [4.69, 9.17) is 0 Å². The molecule has 0 aliphatic rings. The van der Waals surface area contributed by atoms with Crippen LogP contribution < -0.4 is 5.32 Å². The first-order chi connectivity index (χ1) is 9.88. The number of nitrogens with one attached hydrogen (secondary N) is 1. The Bertz CT molecular complexity index is 734. The Hall–Kier alpha value is -2.03. The zero-order valence-corrected chi connectivity index (χ0v) is 13.0.